The molecule has 1 atom stereocenters. The van der Waals surface area contributed by atoms with E-state index >= 15 is 0 Å². The number of halogens is 6. The van der Waals surface area contributed by atoms with Crippen LogP contribution in [-0.4, -0.2) is 72.3 Å². The first kappa shape index (κ1) is 36.8. The van der Waals surface area contributed by atoms with Crippen molar-refractivity contribution in [2.45, 2.75) is 25.6 Å². The summed E-state index contributed by atoms with van der Waals surface area (Å²) in [7, 11) is 1.28. The molecular weight excluding hydrogens is 695 g/mol. The Morgan fingerprint density at radius 3 is 2.04 bits per heavy atom. The molecule has 0 spiro atoms. The number of nitrogens with zero attached hydrogens (tertiary/aromatic N) is 3. The number of nitrogens with one attached hydrogen (secondary N) is 3. The van der Waals surface area contributed by atoms with Crippen molar-refractivity contribution in [3.63, 3.8) is 0 Å². The minimum atomic E-state index is -2.99. The van der Waals surface area contributed by atoms with E-state index in [2.05, 4.69) is 21.1 Å². The van der Waals surface area contributed by atoms with Crippen LogP contribution in [0.5, 0.6) is 0 Å². The Morgan fingerprint density at radius 1 is 0.857 bits per heavy atom. The molecule has 17 heteroatoms. The van der Waals surface area contributed by atoms with Crippen LogP contribution in [0.2, 0.25) is 10.0 Å². The number of carbonyl (C=O) groups excluding carboxylic acids is 3. The topological polar surface area (TPSA) is 129 Å². The Labute approximate surface area is 288 Å². The maximum absolute atomic E-state index is 13.9. The van der Waals surface area contributed by atoms with Crippen LogP contribution >= 0.6 is 23.2 Å². The van der Waals surface area contributed by atoms with E-state index < -0.39 is 62.0 Å². The van der Waals surface area contributed by atoms with Gasteiger partial charge in [-0.3, -0.25) is 5.32 Å². The Kier molecular flexibility index (Phi) is 13.1. The molecule has 11 nitrogen and oxygen atoms in total. The fourth-order valence-corrected chi connectivity index (χ4v) is 4.83. The third kappa shape index (κ3) is 10.5. The number of anilines is 1. The SMILES string of the molecule is CN(C(=O)NCc1cccc(F)c1Cl)[C@H](COC(=O)Nc1cc(-c2ccccc2)on1)CN(CC(F)F)C(=O)NCc1cccc(F)c1Cl. The number of aromatic nitrogens is 1. The van der Waals surface area contributed by atoms with Crippen molar-refractivity contribution in [2.24, 2.45) is 0 Å². The van der Waals surface area contributed by atoms with Gasteiger partial charge in [-0.2, -0.15) is 0 Å². The standard InChI is InChI=1S/C32H30Cl2F4N6O5/c1-43(30(45)39-14-20-9-5-11-23(35)28(20)33)22(18-48-32(47)41-27-13-25(49-42-27)19-7-3-2-4-8-19)16-44(17-26(37)38)31(46)40-15-21-10-6-12-24(36)29(21)34/h2-13,22,26H,14-18H2,1H3,(H,39,45)(H,40,46)(H,41,42,47)/t22-/m0/s1. The molecule has 3 aromatic carbocycles. The van der Waals surface area contributed by atoms with Gasteiger partial charge in [-0.15, -0.1) is 0 Å². The average Bonchev–Trinajstić information content (AvgIpc) is 3.55. The quantitative estimate of drug-likeness (QED) is 0.126. The van der Waals surface area contributed by atoms with E-state index in [9.17, 15) is 31.9 Å². The van der Waals surface area contributed by atoms with E-state index in [-0.39, 0.29) is 40.1 Å². The third-order valence-electron chi connectivity index (χ3n) is 7.07. The minimum absolute atomic E-state index is 0.00758. The molecule has 5 amide bonds. The first-order chi connectivity index (χ1) is 23.4. The molecule has 0 bridgehead atoms. The minimum Gasteiger partial charge on any atom is -0.447 e. The number of carbonyl (C=O) groups is 3. The number of rotatable bonds is 13. The Morgan fingerprint density at radius 2 is 1.45 bits per heavy atom. The molecule has 1 aromatic heterocycles. The predicted molar refractivity (Wildman–Crippen MR) is 173 cm³/mol. The summed E-state index contributed by atoms with van der Waals surface area (Å²) in [6, 6.07) is 15.3. The predicted octanol–water partition coefficient (Wildman–Crippen LogP) is 7.16. The van der Waals surface area contributed by atoms with Gasteiger partial charge in [0.2, 0.25) is 0 Å². The zero-order valence-corrected chi connectivity index (χ0v) is 27.3. The molecule has 0 unspecified atom stereocenters. The zero-order valence-electron chi connectivity index (χ0n) is 25.8. The molecule has 0 fully saturated rings. The van der Waals surface area contributed by atoms with Crippen LogP contribution in [0, 0.1) is 11.6 Å². The maximum atomic E-state index is 13.9. The monoisotopic (exact) mass is 724 g/mol. The first-order valence-corrected chi connectivity index (χ1v) is 15.3. The lowest BCUT2D eigenvalue weighted by Crippen LogP contribution is -2.54. The van der Waals surface area contributed by atoms with Gasteiger partial charge in [0.15, 0.2) is 11.6 Å². The van der Waals surface area contributed by atoms with Gasteiger partial charge in [-0.1, -0.05) is 83.0 Å². The van der Waals surface area contributed by atoms with Crippen molar-refractivity contribution in [3.8, 4) is 11.3 Å². The lowest BCUT2D eigenvalue weighted by molar-refractivity contribution is 0.0704. The average molecular weight is 726 g/mol. The number of likely N-dealkylation sites (N-methyl/N-ethyl adjacent to an activating group) is 1. The van der Waals surface area contributed by atoms with E-state index in [0.29, 0.717) is 16.2 Å². The van der Waals surface area contributed by atoms with Crippen LogP contribution < -0.4 is 16.0 Å². The first-order valence-electron chi connectivity index (χ1n) is 14.6. The molecule has 4 rings (SSSR count). The number of amides is 5. The summed E-state index contributed by atoms with van der Waals surface area (Å²) in [5.74, 6) is -1.07. The largest absolute Gasteiger partial charge is 0.447 e. The normalized spacial score (nSPS) is 11.5. The summed E-state index contributed by atoms with van der Waals surface area (Å²) >= 11 is 11.9. The highest BCUT2D eigenvalue weighted by Crippen LogP contribution is 2.23. The third-order valence-corrected chi connectivity index (χ3v) is 7.92. The summed E-state index contributed by atoms with van der Waals surface area (Å²) < 4.78 is 65.6. The zero-order chi connectivity index (χ0) is 35.5. The van der Waals surface area contributed by atoms with Crippen molar-refractivity contribution >= 4 is 47.2 Å². The number of hydrogen-bond acceptors (Lipinski definition) is 6. The molecule has 49 heavy (non-hydrogen) atoms. The summed E-state index contributed by atoms with van der Waals surface area (Å²) in [5.41, 5.74) is 1.15. The van der Waals surface area contributed by atoms with E-state index in [0.717, 1.165) is 17.0 Å². The summed E-state index contributed by atoms with van der Waals surface area (Å²) in [6.45, 7) is -2.71. The molecule has 0 aliphatic carbocycles. The van der Waals surface area contributed by atoms with Gasteiger partial charge in [0.25, 0.3) is 6.43 Å². The van der Waals surface area contributed by atoms with Crippen LogP contribution in [0.4, 0.5) is 37.8 Å². The van der Waals surface area contributed by atoms with Gasteiger partial charge in [0.1, 0.15) is 18.2 Å². The lowest BCUT2D eigenvalue weighted by Gasteiger charge is -2.33. The number of benzene rings is 3. The van der Waals surface area contributed by atoms with E-state index in [4.69, 9.17) is 32.5 Å². The van der Waals surface area contributed by atoms with Gasteiger partial charge in [0.05, 0.1) is 22.6 Å². The molecule has 0 saturated heterocycles. The van der Waals surface area contributed by atoms with Crippen molar-refractivity contribution in [3.05, 3.63) is 106 Å². The van der Waals surface area contributed by atoms with Gasteiger partial charge in [-0.25, -0.2) is 31.9 Å². The van der Waals surface area contributed by atoms with Crippen LogP contribution in [0.3, 0.4) is 0 Å². The smallest absolute Gasteiger partial charge is 0.412 e. The van der Waals surface area contributed by atoms with Crippen molar-refractivity contribution in [1.29, 1.82) is 0 Å². The van der Waals surface area contributed by atoms with Gasteiger partial charge in [0, 0.05) is 38.3 Å². The fraction of sp³-hybridized carbons (Fsp3) is 0.250. The Bertz CT molecular complexity index is 1750. The number of ether oxygens (including phenoxy) is 1. The molecule has 0 aliphatic rings. The van der Waals surface area contributed by atoms with Gasteiger partial charge in [-0.05, 0) is 23.3 Å². The molecule has 0 radical (unpaired) electrons. The molecule has 1 heterocycles. The highest BCUT2D eigenvalue weighted by atomic mass is 35.5. The Hall–Kier alpha value is -5.02. The van der Waals surface area contributed by atoms with E-state index in [1.807, 2.05) is 6.07 Å². The maximum Gasteiger partial charge on any atom is 0.412 e. The van der Waals surface area contributed by atoms with Gasteiger partial charge < -0.3 is 29.7 Å². The van der Waals surface area contributed by atoms with E-state index in [1.54, 1.807) is 24.3 Å². The summed E-state index contributed by atoms with van der Waals surface area (Å²) in [5, 5.41) is 10.6. The van der Waals surface area contributed by atoms with Crippen LogP contribution in [0.15, 0.2) is 77.3 Å². The number of alkyl halides is 2. The van der Waals surface area contributed by atoms with Crippen LogP contribution in [0.25, 0.3) is 11.3 Å². The second-order valence-electron chi connectivity index (χ2n) is 10.5. The number of hydrogen-bond donors (Lipinski definition) is 3. The highest BCUT2D eigenvalue weighted by molar-refractivity contribution is 6.31. The molecule has 260 valence electrons. The van der Waals surface area contributed by atoms with E-state index in [1.165, 1.54) is 37.4 Å². The fourth-order valence-electron chi connectivity index (χ4n) is 4.45. The van der Waals surface area contributed by atoms with Crippen LogP contribution in [-0.2, 0) is 17.8 Å². The summed E-state index contributed by atoms with van der Waals surface area (Å²) in [6.07, 6.45) is -4.02. The van der Waals surface area contributed by atoms with Crippen molar-refractivity contribution in [2.75, 3.05) is 32.1 Å². The molecule has 3 N–H and O–H groups in total. The second kappa shape index (κ2) is 17.4. The Balaban J connectivity index is 1.47. The highest BCUT2D eigenvalue weighted by Gasteiger charge is 2.29. The summed E-state index contributed by atoms with van der Waals surface area (Å²) in [4.78, 5) is 40.7. The molecule has 0 aliphatic heterocycles. The van der Waals surface area contributed by atoms with Crippen molar-refractivity contribution < 1.29 is 41.2 Å². The molecule has 4 aromatic rings. The second-order valence-corrected chi connectivity index (χ2v) is 11.2. The van der Waals surface area contributed by atoms with Crippen molar-refractivity contribution in [1.82, 2.24) is 25.6 Å². The van der Waals surface area contributed by atoms with Gasteiger partial charge >= 0.3 is 18.2 Å². The lowest BCUT2D eigenvalue weighted by atomic mass is 10.2. The molecule has 0 saturated carbocycles. The van der Waals surface area contributed by atoms with Crippen LogP contribution in [0.1, 0.15) is 11.1 Å². The molecular formula is C32H30Cl2F4N6O5. The number of urea groups is 2.